The van der Waals surface area contributed by atoms with Crippen LogP contribution in [0.15, 0.2) is 21.2 Å². The van der Waals surface area contributed by atoms with Gasteiger partial charge in [-0.15, -0.1) is 0 Å². The lowest BCUT2D eigenvalue weighted by molar-refractivity contribution is 0.171. The van der Waals surface area contributed by atoms with Gasteiger partial charge in [-0.1, -0.05) is 6.42 Å². The number of aromatic nitrogens is 1. The molecule has 3 rings (SSSR count). The molecule has 2 heterocycles. The number of hydrogen-bond donors (Lipinski definition) is 1. The van der Waals surface area contributed by atoms with Crippen LogP contribution in [0.25, 0.3) is 0 Å². The van der Waals surface area contributed by atoms with Gasteiger partial charge in [-0.25, -0.2) is 0 Å². The molecular formula is C14H19Br2N3. The number of rotatable bonds is 2. The molecule has 1 aromatic heterocycles. The lowest BCUT2D eigenvalue weighted by Crippen LogP contribution is -2.41. The molecule has 2 aliphatic rings. The van der Waals surface area contributed by atoms with Crippen LogP contribution < -0.4 is 5.73 Å². The smallest absolute Gasteiger partial charge is 0.0733 e. The highest BCUT2D eigenvalue weighted by Gasteiger charge is 2.39. The molecule has 2 fully saturated rings. The Morgan fingerprint density at radius 1 is 1.21 bits per heavy atom. The molecule has 0 aromatic carbocycles. The Labute approximate surface area is 131 Å². The van der Waals surface area contributed by atoms with Crippen LogP contribution in [0.1, 0.15) is 43.8 Å². The predicted molar refractivity (Wildman–Crippen MR) is 83.9 cm³/mol. The van der Waals surface area contributed by atoms with Crippen molar-refractivity contribution >= 4 is 31.9 Å². The van der Waals surface area contributed by atoms with Crippen molar-refractivity contribution in [2.45, 2.75) is 50.2 Å². The molecule has 1 aromatic rings. The number of halogens is 2. The molecule has 1 aliphatic heterocycles. The first-order chi connectivity index (χ1) is 9.16. The van der Waals surface area contributed by atoms with Crippen LogP contribution in [0.4, 0.5) is 0 Å². The van der Waals surface area contributed by atoms with Gasteiger partial charge in [0.15, 0.2) is 0 Å². The van der Waals surface area contributed by atoms with Crippen LogP contribution in [0, 0.1) is 0 Å². The normalized spacial score (nSPS) is 29.2. The van der Waals surface area contributed by atoms with Gasteiger partial charge in [-0.3, -0.25) is 9.88 Å². The molecule has 0 spiro atoms. The minimum atomic E-state index is 0.188. The highest BCUT2D eigenvalue weighted by atomic mass is 79.9. The predicted octanol–water partition coefficient (Wildman–Crippen LogP) is 3.62. The Balaban J connectivity index is 1.96. The maximum absolute atomic E-state index is 6.46. The summed E-state index contributed by atoms with van der Waals surface area (Å²) < 4.78 is 2.07. The van der Waals surface area contributed by atoms with Crippen molar-refractivity contribution in [2.24, 2.45) is 5.73 Å². The van der Waals surface area contributed by atoms with Crippen molar-refractivity contribution in [1.29, 1.82) is 0 Å². The van der Waals surface area contributed by atoms with Gasteiger partial charge in [-0.05, 0) is 70.2 Å². The second-order valence-corrected chi connectivity index (χ2v) is 7.36. The fourth-order valence-electron chi connectivity index (χ4n) is 3.04. The third-order valence-electron chi connectivity index (χ3n) is 4.10. The summed E-state index contributed by atoms with van der Waals surface area (Å²) in [5.41, 5.74) is 7.56. The standard InChI is InChI=1S/C14H19Br2N3/c15-9-7-11(16)13(18-8-9)14-12(17)3-1-2-6-19(14)10-4-5-10/h7-8,10,12,14H,1-6,17H2. The van der Waals surface area contributed by atoms with E-state index in [1.165, 1.54) is 25.7 Å². The van der Waals surface area contributed by atoms with Gasteiger partial charge in [0.25, 0.3) is 0 Å². The summed E-state index contributed by atoms with van der Waals surface area (Å²) in [7, 11) is 0. The van der Waals surface area contributed by atoms with Crippen molar-refractivity contribution in [3.05, 3.63) is 26.9 Å². The Hall–Kier alpha value is 0.0300. The van der Waals surface area contributed by atoms with Crippen LogP contribution in [-0.2, 0) is 0 Å². The Bertz CT molecular complexity index is 462. The second-order valence-electron chi connectivity index (χ2n) is 5.59. The molecule has 0 radical (unpaired) electrons. The highest BCUT2D eigenvalue weighted by Crippen LogP contribution is 2.40. The SMILES string of the molecule is NC1CCCCN(C2CC2)C1c1ncc(Br)cc1Br. The minimum absolute atomic E-state index is 0.188. The summed E-state index contributed by atoms with van der Waals surface area (Å²) >= 11 is 7.13. The molecule has 0 bridgehead atoms. The summed E-state index contributed by atoms with van der Waals surface area (Å²) in [4.78, 5) is 7.23. The van der Waals surface area contributed by atoms with Crippen molar-refractivity contribution < 1.29 is 0 Å². The van der Waals surface area contributed by atoms with Crippen molar-refractivity contribution in [3.63, 3.8) is 0 Å². The van der Waals surface area contributed by atoms with E-state index in [-0.39, 0.29) is 12.1 Å². The lowest BCUT2D eigenvalue weighted by atomic mass is 10.0. The molecular weight excluding hydrogens is 370 g/mol. The summed E-state index contributed by atoms with van der Waals surface area (Å²) in [5, 5.41) is 0. The zero-order chi connectivity index (χ0) is 13.4. The molecule has 19 heavy (non-hydrogen) atoms. The van der Waals surface area contributed by atoms with E-state index in [0.717, 1.165) is 33.6 Å². The average molecular weight is 389 g/mol. The summed E-state index contributed by atoms with van der Waals surface area (Å²) in [6.45, 7) is 1.16. The Morgan fingerprint density at radius 2 is 2.00 bits per heavy atom. The van der Waals surface area contributed by atoms with E-state index in [9.17, 15) is 0 Å². The fraction of sp³-hybridized carbons (Fsp3) is 0.643. The van der Waals surface area contributed by atoms with Crippen LogP contribution in [-0.4, -0.2) is 28.5 Å². The molecule has 2 N–H and O–H groups in total. The van der Waals surface area contributed by atoms with Gasteiger partial charge in [0.05, 0.1) is 11.7 Å². The topological polar surface area (TPSA) is 42.1 Å². The zero-order valence-electron chi connectivity index (χ0n) is 10.9. The van der Waals surface area contributed by atoms with E-state index in [4.69, 9.17) is 5.73 Å². The average Bonchev–Trinajstić information content (AvgIpc) is 3.17. The molecule has 1 aliphatic carbocycles. The first kappa shape index (κ1) is 14.0. The van der Waals surface area contributed by atoms with E-state index < -0.39 is 0 Å². The fourth-order valence-corrected chi connectivity index (χ4v) is 4.26. The molecule has 2 atom stereocenters. The number of nitrogens with two attached hydrogens (primary N) is 1. The minimum Gasteiger partial charge on any atom is -0.326 e. The van der Waals surface area contributed by atoms with Crippen molar-refractivity contribution in [2.75, 3.05) is 6.54 Å². The van der Waals surface area contributed by atoms with Gasteiger partial charge in [0, 0.05) is 27.2 Å². The summed E-state index contributed by atoms with van der Waals surface area (Å²) in [5.74, 6) is 0. The van der Waals surface area contributed by atoms with E-state index in [1.807, 2.05) is 6.20 Å². The number of likely N-dealkylation sites (tertiary alicyclic amines) is 1. The first-order valence-electron chi connectivity index (χ1n) is 6.99. The number of nitrogens with zero attached hydrogens (tertiary/aromatic N) is 2. The molecule has 0 amide bonds. The Kier molecular flexibility index (Phi) is 4.27. The van der Waals surface area contributed by atoms with Gasteiger partial charge in [-0.2, -0.15) is 0 Å². The summed E-state index contributed by atoms with van der Waals surface area (Å²) in [6.07, 6.45) is 8.10. The third-order valence-corrected chi connectivity index (χ3v) is 5.17. The van der Waals surface area contributed by atoms with Gasteiger partial charge >= 0.3 is 0 Å². The second kappa shape index (κ2) is 5.80. The monoisotopic (exact) mass is 387 g/mol. The zero-order valence-corrected chi connectivity index (χ0v) is 14.0. The largest absolute Gasteiger partial charge is 0.326 e. The quantitative estimate of drug-likeness (QED) is 0.841. The molecule has 5 heteroatoms. The molecule has 1 saturated carbocycles. The van der Waals surface area contributed by atoms with Crippen molar-refractivity contribution in [3.8, 4) is 0 Å². The Morgan fingerprint density at radius 3 is 2.68 bits per heavy atom. The van der Waals surface area contributed by atoms with Gasteiger partial charge < -0.3 is 5.73 Å². The van der Waals surface area contributed by atoms with E-state index in [1.54, 1.807) is 0 Å². The van der Waals surface area contributed by atoms with E-state index >= 15 is 0 Å². The van der Waals surface area contributed by atoms with Crippen LogP contribution in [0.2, 0.25) is 0 Å². The summed E-state index contributed by atoms with van der Waals surface area (Å²) in [6, 6.07) is 3.25. The molecule has 104 valence electrons. The van der Waals surface area contributed by atoms with Gasteiger partial charge in [0.1, 0.15) is 0 Å². The number of hydrogen-bond acceptors (Lipinski definition) is 3. The maximum atomic E-state index is 6.46. The molecule has 1 saturated heterocycles. The number of pyridine rings is 1. The lowest BCUT2D eigenvalue weighted by Gasteiger charge is -2.33. The molecule has 2 unspecified atom stereocenters. The molecule has 3 nitrogen and oxygen atoms in total. The maximum Gasteiger partial charge on any atom is 0.0733 e. The van der Waals surface area contributed by atoms with Crippen LogP contribution >= 0.6 is 31.9 Å². The van der Waals surface area contributed by atoms with Crippen molar-refractivity contribution in [1.82, 2.24) is 9.88 Å². The first-order valence-corrected chi connectivity index (χ1v) is 8.57. The van der Waals surface area contributed by atoms with E-state index in [2.05, 4.69) is 47.8 Å². The van der Waals surface area contributed by atoms with Crippen LogP contribution in [0.3, 0.4) is 0 Å². The van der Waals surface area contributed by atoms with Gasteiger partial charge in [0.2, 0.25) is 0 Å². The third kappa shape index (κ3) is 3.04. The highest BCUT2D eigenvalue weighted by molar-refractivity contribution is 9.11. The van der Waals surface area contributed by atoms with Crippen LogP contribution in [0.5, 0.6) is 0 Å². The van der Waals surface area contributed by atoms with E-state index in [0.29, 0.717) is 0 Å².